The molecule has 4 rings (SSSR count). The van der Waals surface area contributed by atoms with Crippen LogP contribution in [-0.4, -0.2) is 38.0 Å². The van der Waals surface area contributed by atoms with Crippen molar-refractivity contribution in [3.8, 4) is 23.6 Å². The predicted molar refractivity (Wildman–Crippen MR) is 119 cm³/mol. The molecule has 1 fully saturated rings. The molecule has 160 valence electrons. The summed E-state index contributed by atoms with van der Waals surface area (Å²) in [5.41, 5.74) is 0.874. The molecule has 31 heavy (non-hydrogen) atoms. The van der Waals surface area contributed by atoms with Crippen LogP contribution in [0.25, 0.3) is 11.2 Å². The van der Waals surface area contributed by atoms with Crippen LogP contribution in [0.15, 0.2) is 29.1 Å². The first-order valence-electron chi connectivity index (χ1n) is 10.4. The molecule has 1 aliphatic rings. The van der Waals surface area contributed by atoms with Crippen molar-refractivity contribution in [2.75, 3.05) is 18.0 Å². The highest BCUT2D eigenvalue weighted by molar-refractivity contribution is 5.96. The van der Waals surface area contributed by atoms with Gasteiger partial charge in [-0.3, -0.25) is 18.7 Å². The normalized spacial score (nSPS) is 13.7. The Morgan fingerprint density at radius 2 is 1.90 bits per heavy atom. The van der Waals surface area contributed by atoms with Crippen LogP contribution in [0.4, 0.5) is 5.95 Å². The Hall–Kier alpha value is -3.60. The second-order valence-electron chi connectivity index (χ2n) is 7.56. The van der Waals surface area contributed by atoms with Crippen molar-refractivity contribution in [1.29, 1.82) is 0 Å². The molecule has 0 spiro atoms. The summed E-state index contributed by atoms with van der Waals surface area (Å²) >= 11 is 0. The molecule has 1 saturated heterocycles. The fraction of sp³-hybridized carbons (Fsp3) is 0.391. The van der Waals surface area contributed by atoms with Crippen LogP contribution >= 0.6 is 0 Å². The fourth-order valence-corrected chi connectivity index (χ4v) is 3.81. The zero-order valence-corrected chi connectivity index (χ0v) is 18.0. The summed E-state index contributed by atoms with van der Waals surface area (Å²) < 4.78 is 9.10. The van der Waals surface area contributed by atoms with Gasteiger partial charge in [-0.05, 0) is 45.2 Å². The van der Waals surface area contributed by atoms with Crippen LogP contribution in [0.3, 0.4) is 0 Å². The van der Waals surface area contributed by atoms with Crippen molar-refractivity contribution < 1.29 is 9.53 Å². The maximum Gasteiger partial charge on any atom is 0.306 e. The lowest BCUT2D eigenvalue weighted by Gasteiger charge is -2.27. The number of ketones is 1. The van der Waals surface area contributed by atoms with E-state index < -0.39 is 0 Å². The van der Waals surface area contributed by atoms with Gasteiger partial charge in [-0.25, -0.2) is 0 Å². The quantitative estimate of drug-likeness (QED) is 0.467. The largest absolute Gasteiger partial charge is 0.425 e. The van der Waals surface area contributed by atoms with Gasteiger partial charge in [-0.2, -0.15) is 9.97 Å². The lowest BCUT2D eigenvalue weighted by atomic mass is 10.1. The Morgan fingerprint density at radius 1 is 1.16 bits per heavy atom. The average molecular weight is 419 g/mol. The van der Waals surface area contributed by atoms with Crippen LogP contribution in [0.5, 0.6) is 11.8 Å². The van der Waals surface area contributed by atoms with Gasteiger partial charge in [0.1, 0.15) is 5.75 Å². The number of piperidine rings is 1. The molecule has 1 aromatic carbocycles. The number of anilines is 1. The van der Waals surface area contributed by atoms with Gasteiger partial charge in [0.05, 0.1) is 12.1 Å². The van der Waals surface area contributed by atoms with Crippen LogP contribution in [-0.2, 0) is 13.6 Å². The number of ether oxygens (including phenoxy) is 1. The number of para-hydroxylation sites is 1. The molecule has 0 N–H and O–H groups in total. The molecular formula is C23H25N5O3. The summed E-state index contributed by atoms with van der Waals surface area (Å²) in [6.45, 7) is 5.38. The van der Waals surface area contributed by atoms with Crippen molar-refractivity contribution in [3.63, 3.8) is 0 Å². The van der Waals surface area contributed by atoms with E-state index in [0.717, 1.165) is 25.9 Å². The molecule has 0 bridgehead atoms. The number of rotatable bonds is 5. The Labute approximate surface area is 180 Å². The number of hydrogen-bond donors (Lipinski definition) is 0. The lowest BCUT2D eigenvalue weighted by molar-refractivity contribution is 0.101. The highest BCUT2D eigenvalue weighted by Crippen LogP contribution is 2.27. The smallest absolute Gasteiger partial charge is 0.306 e. The number of carbonyl (C=O) groups is 1. The first kappa shape index (κ1) is 20.7. The maximum absolute atomic E-state index is 13.3. The van der Waals surface area contributed by atoms with Crippen molar-refractivity contribution in [3.05, 3.63) is 40.2 Å². The summed E-state index contributed by atoms with van der Waals surface area (Å²) in [7, 11) is 1.60. The van der Waals surface area contributed by atoms with Gasteiger partial charge in [-0.15, -0.1) is 5.92 Å². The maximum atomic E-state index is 13.3. The summed E-state index contributed by atoms with van der Waals surface area (Å²) in [5, 5.41) is 0. The summed E-state index contributed by atoms with van der Waals surface area (Å²) in [4.78, 5) is 36.7. The average Bonchev–Trinajstić information content (AvgIpc) is 3.15. The highest BCUT2D eigenvalue weighted by atomic mass is 16.5. The number of carbonyl (C=O) groups excluding carboxylic acids is 1. The number of hydrogen-bond acceptors (Lipinski definition) is 6. The fourth-order valence-electron chi connectivity index (χ4n) is 3.81. The molecule has 0 saturated carbocycles. The molecule has 2 aromatic heterocycles. The van der Waals surface area contributed by atoms with Gasteiger partial charge >= 0.3 is 6.01 Å². The second-order valence-corrected chi connectivity index (χ2v) is 7.56. The predicted octanol–water partition coefficient (Wildman–Crippen LogP) is 3.14. The van der Waals surface area contributed by atoms with Crippen LogP contribution < -0.4 is 15.2 Å². The van der Waals surface area contributed by atoms with Gasteiger partial charge in [0.2, 0.25) is 5.95 Å². The molecule has 8 nitrogen and oxygen atoms in total. The van der Waals surface area contributed by atoms with Crippen LogP contribution in [0, 0.1) is 11.8 Å². The zero-order valence-electron chi connectivity index (χ0n) is 18.0. The van der Waals surface area contributed by atoms with E-state index >= 15 is 0 Å². The van der Waals surface area contributed by atoms with E-state index in [9.17, 15) is 9.59 Å². The third-order valence-electron chi connectivity index (χ3n) is 5.45. The van der Waals surface area contributed by atoms with Crippen LogP contribution in [0.2, 0.25) is 0 Å². The first-order chi connectivity index (χ1) is 15.0. The van der Waals surface area contributed by atoms with Gasteiger partial charge in [-0.1, -0.05) is 18.1 Å². The van der Waals surface area contributed by atoms with E-state index in [1.54, 1.807) is 38.2 Å². The van der Waals surface area contributed by atoms with Crippen molar-refractivity contribution in [2.24, 2.45) is 7.05 Å². The minimum Gasteiger partial charge on any atom is -0.425 e. The lowest BCUT2D eigenvalue weighted by Crippen LogP contribution is -2.32. The molecule has 0 radical (unpaired) electrons. The minimum atomic E-state index is -0.269. The number of Topliss-reactive ketones (excluding diaryl/α,β-unsaturated/α-hetero) is 1. The molecule has 3 heterocycles. The first-order valence-corrected chi connectivity index (χ1v) is 10.4. The molecule has 3 aromatic rings. The van der Waals surface area contributed by atoms with E-state index in [-0.39, 0.29) is 17.4 Å². The number of nitrogens with zero attached hydrogens (tertiary/aromatic N) is 5. The van der Waals surface area contributed by atoms with Gasteiger partial charge in [0, 0.05) is 20.1 Å². The molecule has 0 atom stereocenters. The highest BCUT2D eigenvalue weighted by Gasteiger charge is 2.24. The standard InChI is InChI=1S/C23H25N5O3/c1-4-5-15-28-19-20(24-22(28)27-13-9-6-10-14-27)25-23(26(3)21(19)30)31-18-12-8-7-11-17(18)16(2)29/h7-8,11-12H,6,9-10,13-15H2,1-3H3. The second kappa shape index (κ2) is 8.64. The Morgan fingerprint density at radius 3 is 2.61 bits per heavy atom. The van der Waals surface area contributed by atoms with E-state index in [4.69, 9.17) is 9.72 Å². The molecule has 0 aliphatic carbocycles. The van der Waals surface area contributed by atoms with Gasteiger partial charge < -0.3 is 9.64 Å². The summed E-state index contributed by atoms with van der Waals surface area (Å²) in [5.74, 6) is 6.87. The minimum absolute atomic E-state index is 0.0858. The van der Waals surface area contributed by atoms with Crippen molar-refractivity contribution in [2.45, 2.75) is 39.7 Å². The molecule has 0 unspecified atom stereocenters. The number of aromatic nitrogens is 4. The SMILES string of the molecule is CC#CCn1c(N2CCCCC2)nc2nc(Oc3ccccc3C(C)=O)n(C)c(=O)c21. The number of imidazole rings is 1. The van der Waals surface area contributed by atoms with Gasteiger partial charge in [0.15, 0.2) is 16.9 Å². The summed E-state index contributed by atoms with van der Waals surface area (Å²) in [6.07, 6.45) is 3.37. The third kappa shape index (κ3) is 3.91. The van der Waals surface area contributed by atoms with Crippen molar-refractivity contribution in [1.82, 2.24) is 19.1 Å². The third-order valence-corrected chi connectivity index (χ3v) is 5.45. The number of fused-ring (bicyclic) bond motifs is 1. The van der Waals surface area contributed by atoms with Crippen molar-refractivity contribution >= 4 is 22.9 Å². The molecule has 1 aliphatic heterocycles. The number of benzene rings is 1. The summed E-state index contributed by atoms with van der Waals surface area (Å²) in [6, 6.07) is 6.98. The van der Waals surface area contributed by atoms with E-state index in [1.807, 2.05) is 4.57 Å². The van der Waals surface area contributed by atoms with Gasteiger partial charge in [0.25, 0.3) is 5.56 Å². The Kier molecular flexibility index (Phi) is 5.76. The molecule has 8 heteroatoms. The van der Waals surface area contributed by atoms with E-state index in [0.29, 0.717) is 35.0 Å². The molecule has 0 amide bonds. The van der Waals surface area contributed by atoms with E-state index in [2.05, 4.69) is 21.7 Å². The van der Waals surface area contributed by atoms with Crippen LogP contribution in [0.1, 0.15) is 43.5 Å². The Balaban J connectivity index is 1.85. The van der Waals surface area contributed by atoms with E-state index in [1.165, 1.54) is 17.9 Å². The molecular weight excluding hydrogens is 394 g/mol. The monoisotopic (exact) mass is 419 g/mol. The zero-order chi connectivity index (χ0) is 22.0. The topological polar surface area (TPSA) is 82.2 Å². The Bertz CT molecular complexity index is 1260.